The van der Waals surface area contributed by atoms with Crippen LogP contribution in [0.15, 0.2) is 41.3 Å². The normalized spacial score (nSPS) is 14.4. The summed E-state index contributed by atoms with van der Waals surface area (Å²) < 4.78 is 42.9. The summed E-state index contributed by atoms with van der Waals surface area (Å²) in [4.78, 5) is 12.6. The van der Waals surface area contributed by atoms with Crippen LogP contribution >= 0.6 is 0 Å². The van der Waals surface area contributed by atoms with E-state index in [-0.39, 0.29) is 17.4 Å². The molecule has 2 aromatic rings. The third kappa shape index (κ3) is 4.85. The largest absolute Gasteiger partial charge is 0.497 e. The summed E-state index contributed by atoms with van der Waals surface area (Å²) in [5.74, 6) is 1.15. The molecule has 1 aliphatic heterocycles. The lowest BCUT2D eigenvalue weighted by molar-refractivity contribution is -0.118. The molecule has 1 saturated heterocycles. The van der Waals surface area contributed by atoms with E-state index in [1.807, 2.05) is 0 Å². The second kappa shape index (κ2) is 9.36. The maximum Gasteiger partial charge on any atom is 0.262 e. The van der Waals surface area contributed by atoms with Crippen LogP contribution in [0.3, 0.4) is 0 Å². The molecule has 1 amide bonds. The Kier molecular flexibility index (Phi) is 6.84. The van der Waals surface area contributed by atoms with Crippen LogP contribution in [-0.4, -0.2) is 52.5 Å². The van der Waals surface area contributed by atoms with Crippen molar-refractivity contribution in [1.82, 2.24) is 4.31 Å². The number of sulfonamides is 1. The summed E-state index contributed by atoms with van der Waals surface area (Å²) in [5.41, 5.74) is 1.11. The minimum absolute atomic E-state index is 0.236. The number of ether oxygens (including phenoxy) is 3. The summed E-state index contributed by atoms with van der Waals surface area (Å²) in [5, 5.41) is 2.73. The predicted molar refractivity (Wildman–Crippen MR) is 113 cm³/mol. The molecule has 8 nitrogen and oxygen atoms in total. The quantitative estimate of drug-likeness (QED) is 0.687. The molecule has 1 heterocycles. The van der Waals surface area contributed by atoms with Gasteiger partial charge in [-0.2, -0.15) is 4.31 Å². The SMILES string of the molecule is COc1ccc(OC)c(NC(=O)COc2ccc(S(=O)(=O)N3CCCC3)cc2C)c1. The fraction of sp³-hybridized carbons (Fsp3) is 0.381. The van der Waals surface area contributed by atoms with Crippen molar-refractivity contribution < 1.29 is 27.4 Å². The molecule has 0 aliphatic carbocycles. The fourth-order valence-corrected chi connectivity index (χ4v) is 4.87. The van der Waals surface area contributed by atoms with E-state index in [0.717, 1.165) is 12.8 Å². The van der Waals surface area contributed by atoms with Crippen molar-refractivity contribution in [3.63, 3.8) is 0 Å². The van der Waals surface area contributed by atoms with Crippen LogP contribution in [-0.2, 0) is 14.8 Å². The predicted octanol–water partition coefficient (Wildman–Crippen LogP) is 2.81. The summed E-state index contributed by atoms with van der Waals surface area (Å²) in [7, 11) is -0.448. The van der Waals surface area contributed by atoms with Crippen molar-refractivity contribution in [3.05, 3.63) is 42.0 Å². The number of methoxy groups -OCH3 is 2. The molecule has 0 saturated carbocycles. The maximum atomic E-state index is 12.7. The highest BCUT2D eigenvalue weighted by Gasteiger charge is 2.27. The highest BCUT2D eigenvalue weighted by Crippen LogP contribution is 2.29. The smallest absolute Gasteiger partial charge is 0.262 e. The fourth-order valence-electron chi connectivity index (χ4n) is 3.26. The van der Waals surface area contributed by atoms with Crippen LogP contribution in [0, 0.1) is 6.92 Å². The van der Waals surface area contributed by atoms with Gasteiger partial charge < -0.3 is 19.5 Å². The van der Waals surface area contributed by atoms with Gasteiger partial charge in [-0.1, -0.05) is 0 Å². The van der Waals surface area contributed by atoms with Crippen LogP contribution in [0.1, 0.15) is 18.4 Å². The third-order valence-corrected chi connectivity index (χ3v) is 6.78. The van der Waals surface area contributed by atoms with Crippen molar-refractivity contribution in [2.75, 3.05) is 39.2 Å². The molecule has 3 rings (SSSR count). The summed E-state index contributed by atoms with van der Waals surface area (Å²) in [6.45, 7) is 2.61. The first kappa shape index (κ1) is 21.9. The van der Waals surface area contributed by atoms with E-state index in [9.17, 15) is 13.2 Å². The molecule has 0 spiro atoms. The Morgan fingerprint density at radius 2 is 1.73 bits per heavy atom. The second-order valence-electron chi connectivity index (χ2n) is 6.94. The first-order chi connectivity index (χ1) is 14.3. The van der Waals surface area contributed by atoms with Gasteiger partial charge >= 0.3 is 0 Å². The molecule has 0 radical (unpaired) electrons. The van der Waals surface area contributed by atoms with Gasteiger partial charge in [0.15, 0.2) is 6.61 Å². The van der Waals surface area contributed by atoms with Gasteiger partial charge in [-0.05, 0) is 55.7 Å². The van der Waals surface area contributed by atoms with Gasteiger partial charge in [-0.15, -0.1) is 0 Å². The molecule has 9 heteroatoms. The van der Waals surface area contributed by atoms with E-state index in [2.05, 4.69) is 5.32 Å². The zero-order chi connectivity index (χ0) is 21.7. The lowest BCUT2D eigenvalue weighted by Crippen LogP contribution is -2.27. The molecular formula is C21H26N2O6S. The number of carbonyl (C=O) groups is 1. The first-order valence-corrected chi connectivity index (χ1v) is 11.0. The van der Waals surface area contributed by atoms with Crippen molar-refractivity contribution in [2.24, 2.45) is 0 Å². The van der Waals surface area contributed by atoms with Crippen LogP contribution in [0.25, 0.3) is 0 Å². The lowest BCUT2D eigenvalue weighted by Gasteiger charge is -2.17. The van der Waals surface area contributed by atoms with Crippen molar-refractivity contribution in [1.29, 1.82) is 0 Å². The molecular weight excluding hydrogens is 408 g/mol. The van der Waals surface area contributed by atoms with Crippen LogP contribution in [0.4, 0.5) is 5.69 Å². The van der Waals surface area contributed by atoms with E-state index < -0.39 is 10.0 Å². The number of nitrogens with one attached hydrogen (secondary N) is 1. The molecule has 1 aliphatic rings. The average molecular weight is 435 g/mol. The van der Waals surface area contributed by atoms with E-state index in [1.165, 1.54) is 24.6 Å². The Morgan fingerprint density at radius 3 is 2.37 bits per heavy atom. The van der Waals surface area contributed by atoms with Crippen molar-refractivity contribution in [3.8, 4) is 17.2 Å². The number of anilines is 1. The number of hydrogen-bond acceptors (Lipinski definition) is 6. The Morgan fingerprint density at radius 1 is 1.03 bits per heavy atom. The second-order valence-corrected chi connectivity index (χ2v) is 8.88. The number of benzene rings is 2. The Hall–Kier alpha value is -2.78. The van der Waals surface area contributed by atoms with Crippen LogP contribution < -0.4 is 19.5 Å². The molecule has 1 N–H and O–H groups in total. The Labute approximate surface area is 176 Å². The number of aryl methyl sites for hydroxylation is 1. The van der Waals surface area contributed by atoms with Crippen LogP contribution in [0.5, 0.6) is 17.2 Å². The van der Waals surface area contributed by atoms with Crippen LogP contribution in [0.2, 0.25) is 0 Å². The molecule has 162 valence electrons. The van der Waals surface area contributed by atoms with Crippen molar-refractivity contribution >= 4 is 21.6 Å². The highest BCUT2D eigenvalue weighted by molar-refractivity contribution is 7.89. The molecule has 1 fully saturated rings. The van der Waals surface area contributed by atoms with Gasteiger partial charge in [0.1, 0.15) is 17.2 Å². The maximum absolute atomic E-state index is 12.7. The minimum atomic E-state index is -3.49. The van der Waals surface area contributed by atoms with E-state index in [4.69, 9.17) is 14.2 Å². The van der Waals surface area contributed by atoms with E-state index in [1.54, 1.807) is 37.3 Å². The molecule has 2 aromatic carbocycles. The zero-order valence-electron chi connectivity index (χ0n) is 17.3. The number of hydrogen-bond donors (Lipinski definition) is 1. The Bertz CT molecular complexity index is 1020. The minimum Gasteiger partial charge on any atom is -0.497 e. The molecule has 0 unspecified atom stereocenters. The number of nitrogens with zero attached hydrogens (tertiary/aromatic N) is 1. The topological polar surface area (TPSA) is 94.2 Å². The highest BCUT2D eigenvalue weighted by atomic mass is 32.2. The number of amides is 1. The summed E-state index contributed by atoms with van der Waals surface area (Å²) in [6.07, 6.45) is 1.76. The lowest BCUT2D eigenvalue weighted by atomic mass is 10.2. The zero-order valence-corrected chi connectivity index (χ0v) is 18.1. The number of carbonyl (C=O) groups excluding carboxylic acids is 1. The Balaban J connectivity index is 1.65. The number of rotatable bonds is 8. The van der Waals surface area contributed by atoms with Gasteiger partial charge in [0.2, 0.25) is 10.0 Å². The van der Waals surface area contributed by atoms with Gasteiger partial charge in [-0.25, -0.2) is 8.42 Å². The first-order valence-electron chi connectivity index (χ1n) is 9.60. The third-order valence-electron chi connectivity index (χ3n) is 4.89. The summed E-state index contributed by atoms with van der Waals surface area (Å²) in [6, 6.07) is 9.74. The molecule has 0 bridgehead atoms. The van der Waals surface area contributed by atoms with E-state index in [0.29, 0.717) is 41.6 Å². The van der Waals surface area contributed by atoms with Gasteiger partial charge in [-0.3, -0.25) is 4.79 Å². The summed E-state index contributed by atoms with van der Waals surface area (Å²) >= 11 is 0. The van der Waals surface area contributed by atoms with Gasteiger partial charge in [0, 0.05) is 19.2 Å². The monoisotopic (exact) mass is 434 g/mol. The van der Waals surface area contributed by atoms with Gasteiger partial charge in [0.05, 0.1) is 24.8 Å². The van der Waals surface area contributed by atoms with Crippen molar-refractivity contribution in [2.45, 2.75) is 24.7 Å². The molecule has 0 aromatic heterocycles. The average Bonchev–Trinajstić information content (AvgIpc) is 3.28. The molecule has 0 atom stereocenters. The van der Waals surface area contributed by atoms with Gasteiger partial charge in [0.25, 0.3) is 5.91 Å². The molecule has 30 heavy (non-hydrogen) atoms. The standard InChI is InChI=1S/C21H26N2O6S/c1-15-12-17(30(25,26)23-10-4-5-11-23)7-9-19(15)29-14-21(24)22-18-13-16(27-2)6-8-20(18)28-3/h6-9,12-13H,4-5,10-11,14H2,1-3H3,(H,22,24). The van der Waals surface area contributed by atoms with E-state index >= 15 is 0 Å².